The monoisotopic (exact) mass is 539 g/mol. The van der Waals surface area contributed by atoms with Crippen LogP contribution in [-0.2, 0) is 16.0 Å². The van der Waals surface area contributed by atoms with Crippen molar-refractivity contribution in [2.75, 3.05) is 13.7 Å². The van der Waals surface area contributed by atoms with Crippen LogP contribution in [0.4, 0.5) is 5.69 Å². The lowest BCUT2D eigenvalue weighted by atomic mass is 9.93. The van der Waals surface area contributed by atoms with Crippen molar-refractivity contribution < 1.29 is 24.4 Å². The number of methoxy groups -OCH3 is 1. The minimum atomic E-state index is -0.823. The fourth-order valence-electron chi connectivity index (χ4n) is 5.15. The Morgan fingerprint density at radius 3 is 2.40 bits per heavy atom. The maximum Gasteiger partial charge on any atom is 0.295 e. The molecular formula is C31H29N3O6. The molecule has 1 amide bonds. The van der Waals surface area contributed by atoms with E-state index in [1.165, 1.54) is 29.2 Å². The van der Waals surface area contributed by atoms with Gasteiger partial charge in [0.15, 0.2) is 0 Å². The van der Waals surface area contributed by atoms with E-state index in [1.54, 1.807) is 7.11 Å². The SMILES string of the molecule is COc1ccc2[nH]cc(CCN3C(=O)C(=O)/C(=C(\O)c4ccc([N+](=O)[O-])cc4)C3c3ccc(C(C)C)cc3)c2c1. The lowest BCUT2D eigenvalue weighted by molar-refractivity contribution is -0.384. The van der Waals surface area contributed by atoms with Crippen LogP contribution in [0.25, 0.3) is 16.7 Å². The number of non-ortho nitro benzene ring substituents is 1. The number of carbonyl (C=O) groups is 2. The molecule has 0 bridgehead atoms. The molecule has 0 aliphatic carbocycles. The van der Waals surface area contributed by atoms with Gasteiger partial charge in [-0.1, -0.05) is 38.1 Å². The summed E-state index contributed by atoms with van der Waals surface area (Å²) in [4.78, 5) is 42.0. The highest BCUT2D eigenvalue weighted by atomic mass is 16.6. The van der Waals surface area contributed by atoms with Crippen molar-refractivity contribution in [2.24, 2.45) is 0 Å². The maximum absolute atomic E-state index is 13.4. The second-order valence-electron chi connectivity index (χ2n) is 10.1. The van der Waals surface area contributed by atoms with Crippen LogP contribution in [-0.4, -0.2) is 45.3 Å². The van der Waals surface area contributed by atoms with Crippen LogP contribution >= 0.6 is 0 Å². The smallest absolute Gasteiger partial charge is 0.295 e. The number of ketones is 1. The first-order valence-corrected chi connectivity index (χ1v) is 13.0. The molecule has 1 aromatic heterocycles. The number of aliphatic hydroxyl groups excluding tert-OH is 1. The zero-order valence-electron chi connectivity index (χ0n) is 22.4. The van der Waals surface area contributed by atoms with E-state index >= 15 is 0 Å². The van der Waals surface area contributed by atoms with Crippen LogP contribution in [0.5, 0.6) is 5.75 Å². The largest absolute Gasteiger partial charge is 0.507 e. The molecule has 1 atom stereocenters. The lowest BCUT2D eigenvalue weighted by Crippen LogP contribution is -2.31. The Kier molecular flexibility index (Phi) is 7.13. The first kappa shape index (κ1) is 26.7. The Balaban J connectivity index is 1.55. The number of hydrogen-bond donors (Lipinski definition) is 2. The predicted molar refractivity (Wildman–Crippen MR) is 151 cm³/mol. The van der Waals surface area contributed by atoms with Crippen molar-refractivity contribution in [3.8, 4) is 5.75 Å². The molecule has 9 heteroatoms. The molecule has 0 radical (unpaired) electrons. The summed E-state index contributed by atoms with van der Waals surface area (Å²) in [5.74, 6) is -0.875. The third-order valence-corrected chi connectivity index (χ3v) is 7.41. The molecule has 0 spiro atoms. The number of rotatable bonds is 8. The number of H-pyrrole nitrogens is 1. The lowest BCUT2D eigenvalue weighted by Gasteiger charge is -2.25. The number of aromatic nitrogens is 1. The minimum absolute atomic E-state index is 0.0447. The number of nitro benzene ring substituents is 1. The van der Waals surface area contributed by atoms with Crippen molar-refractivity contribution in [2.45, 2.75) is 32.2 Å². The van der Waals surface area contributed by atoms with Gasteiger partial charge in [-0.3, -0.25) is 19.7 Å². The van der Waals surface area contributed by atoms with E-state index in [0.717, 1.165) is 22.0 Å². The molecule has 40 heavy (non-hydrogen) atoms. The van der Waals surface area contributed by atoms with Crippen LogP contribution in [0.3, 0.4) is 0 Å². The quantitative estimate of drug-likeness (QED) is 0.0948. The summed E-state index contributed by atoms with van der Waals surface area (Å²) in [6.07, 6.45) is 2.34. The van der Waals surface area contributed by atoms with Gasteiger partial charge in [0.05, 0.1) is 23.6 Å². The van der Waals surface area contributed by atoms with Gasteiger partial charge in [0.25, 0.3) is 17.4 Å². The van der Waals surface area contributed by atoms with Gasteiger partial charge in [0, 0.05) is 41.3 Å². The number of hydrogen-bond acceptors (Lipinski definition) is 6. The van der Waals surface area contributed by atoms with E-state index in [9.17, 15) is 24.8 Å². The number of ether oxygens (including phenoxy) is 1. The Hall–Kier alpha value is -4.92. The Labute approximate surface area is 230 Å². The number of nitro groups is 1. The number of likely N-dealkylation sites (tertiary alicyclic amines) is 1. The normalized spacial score (nSPS) is 16.7. The number of aliphatic hydroxyl groups is 1. The van der Waals surface area contributed by atoms with Crippen LogP contribution in [0.1, 0.15) is 48.1 Å². The Morgan fingerprint density at radius 2 is 1.77 bits per heavy atom. The highest BCUT2D eigenvalue weighted by Crippen LogP contribution is 2.40. The summed E-state index contributed by atoms with van der Waals surface area (Å²) in [7, 11) is 1.60. The first-order chi connectivity index (χ1) is 19.2. The summed E-state index contributed by atoms with van der Waals surface area (Å²) in [6, 6.07) is 17.8. The van der Waals surface area contributed by atoms with E-state index < -0.39 is 22.7 Å². The Bertz CT molecular complexity index is 1630. The summed E-state index contributed by atoms with van der Waals surface area (Å²) < 4.78 is 5.37. The third kappa shape index (κ3) is 4.82. The molecule has 5 rings (SSSR count). The molecule has 1 aliphatic heterocycles. The van der Waals surface area contributed by atoms with Gasteiger partial charge < -0.3 is 19.7 Å². The third-order valence-electron chi connectivity index (χ3n) is 7.41. The molecule has 2 heterocycles. The van der Waals surface area contributed by atoms with Gasteiger partial charge in [-0.05, 0) is 59.4 Å². The first-order valence-electron chi connectivity index (χ1n) is 13.0. The topological polar surface area (TPSA) is 126 Å². The van der Waals surface area contributed by atoms with Gasteiger partial charge in [-0.15, -0.1) is 0 Å². The highest BCUT2D eigenvalue weighted by molar-refractivity contribution is 6.46. The molecule has 1 aliphatic rings. The van der Waals surface area contributed by atoms with Gasteiger partial charge in [0.1, 0.15) is 11.5 Å². The van der Waals surface area contributed by atoms with Crippen LogP contribution in [0, 0.1) is 10.1 Å². The van der Waals surface area contributed by atoms with Crippen molar-refractivity contribution in [1.29, 1.82) is 0 Å². The Morgan fingerprint density at radius 1 is 1.07 bits per heavy atom. The number of nitrogens with one attached hydrogen (secondary N) is 1. The molecule has 9 nitrogen and oxygen atoms in total. The molecule has 4 aromatic rings. The summed E-state index contributed by atoms with van der Waals surface area (Å²) in [5.41, 5.74) is 3.70. The van der Waals surface area contributed by atoms with E-state index in [1.807, 2.05) is 48.7 Å². The number of amides is 1. The standard InChI is InChI=1S/C31H29N3O6/c1-18(2)19-4-6-20(7-5-19)28-27(29(35)21-8-10-23(11-9-21)34(38)39)30(36)31(37)33(28)15-14-22-17-32-26-13-12-24(40-3)16-25(22)26/h4-13,16-18,28,32,35H,14-15H2,1-3H3/b29-27-. The molecule has 2 N–H and O–H groups in total. The van der Waals surface area contributed by atoms with E-state index in [4.69, 9.17) is 4.74 Å². The van der Waals surface area contributed by atoms with Crippen molar-refractivity contribution in [1.82, 2.24) is 9.88 Å². The fourth-order valence-corrected chi connectivity index (χ4v) is 5.15. The second-order valence-corrected chi connectivity index (χ2v) is 10.1. The minimum Gasteiger partial charge on any atom is -0.507 e. The average molecular weight is 540 g/mol. The maximum atomic E-state index is 13.4. The highest BCUT2D eigenvalue weighted by Gasteiger charge is 2.46. The van der Waals surface area contributed by atoms with Crippen molar-refractivity contribution in [3.63, 3.8) is 0 Å². The number of fused-ring (bicyclic) bond motifs is 1. The van der Waals surface area contributed by atoms with Gasteiger partial charge in [-0.25, -0.2) is 0 Å². The summed E-state index contributed by atoms with van der Waals surface area (Å²) in [6.45, 7) is 4.38. The van der Waals surface area contributed by atoms with Crippen LogP contribution in [0.15, 0.2) is 78.5 Å². The zero-order chi connectivity index (χ0) is 28.6. The fraction of sp³-hybridized carbons (Fsp3) is 0.226. The number of carbonyl (C=O) groups excluding carboxylic acids is 2. The van der Waals surface area contributed by atoms with Crippen LogP contribution < -0.4 is 4.74 Å². The zero-order valence-corrected chi connectivity index (χ0v) is 22.4. The number of Topliss-reactive ketones (excluding diaryl/α,β-unsaturated/α-hetero) is 1. The van der Waals surface area contributed by atoms with Gasteiger partial charge >= 0.3 is 0 Å². The molecule has 0 saturated carbocycles. The van der Waals surface area contributed by atoms with Gasteiger partial charge in [0.2, 0.25) is 0 Å². The number of aromatic amines is 1. The van der Waals surface area contributed by atoms with E-state index in [0.29, 0.717) is 23.7 Å². The number of nitrogens with zero attached hydrogens (tertiary/aromatic N) is 2. The molecule has 204 valence electrons. The van der Waals surface area contributed by atoms with E-state index in [2.05, 4.69) is 18.8 Å². The second kappa shape index (κ2) is 10.7. The average Bonchev–Trinajstić information content (AvgIpc) is 3.48. The van der Waals surface area contributed by atoms with Crippen LogP contribution in [0.2, 0.25) is 0 Å². The molecule has 3 aromatic carbocycles. The van der Waals surface area contributed by atoms with Gasteiger partial charge in [-0.2, -0.15) is 0 Å². The predicted octanol–water partition coefficient (Wildman–Crippen LogP) is 5.87. The number of benzene rings is 3. The summed E-state index contributed by atoms with van der Waals surface area (Å²) in [5, 5.41) is 23.3. The van der Waals surface area contributed by atoms with Crippen molar-refractivity contribution >= 4 is 34.0 Å². The molecule has 1 unspecified atom stereocenters. The molecule has 1 saturated heterocycles. The molecular weight excluding hydrogens is 510 g/mol. The van der Waals surface area contributed by atoms with E-state index in [-0.39, 0.29) is 29.1 Å². The van der Waals surface area contributed by atoms with Crippen molar-refractivity contribution in [3.05, 3.63) is 111 Å². The molecule has 1 fully saturated rings. The summed E-state index contributed by atoms with van der Waals surface area (Å²) >= 11 is 0.